The zero-order valence-corrected chi connectivity index (χ0v) is 14.5. The van der Waals surface area contributed by atoms with E-state index in [2.05, 4.69) is 11.1 Å². The highest BCUT2D eigenvalue weighted by atomic mass is 16.4. The Morgan fingerprint density at radius 2 is 1.22 bits per heavy atom. The topological polar surface area (TPSA) is 282 Å². The number of carbonyl (C=O) groups excluding carboxylic acids is 1. The molecule has 0 heterocycles. The van der Waals surface area contributed by atoms with Crippen molar-refractivity contribution in [1.82, 2.24) is 5.32 Å². The molecule has 14 heteroatoms. The zero-order chi connectivity index (χ0) is 22.0. The Morgan fingerprint density at radius 3 is 1.52 bits per heavy atom. The summed E-state index contributed by atoms with van der Waals surface area (Å²) in [7, 11) is 0. The first-order chi connectivity index (χ1) is 12.3. The van der Waals surface area contributed by atoms with Gasteiger partial charge in [-0.05, 0) is 19.3 Å². The molecular weight excluding hydrogens is 370 g/mol. The number of hydrogen-bond donors (Lipinski definition) is 9. The van der Waals surface area contributed by atoms with Crippen LogP contribution >= 0.6 is 0 Å². The Bertz CT molecular complexity index is 487. The lowest BCUT2D eigenvalue weighted by atomic mass is 10.2. The summed E-state index contributed by atoms with van der Waals surface area (Å²) < 4.78 is 0. The lowest BCUT2D eigenvalue weighted by Crippen LogP contribution is -2.33. The van der Waals surface area contributed by atoms with Crippen LogP contribution in [0.5, 0.6) is 0 Å². The van der Waals surface area contributed by atoms with E-state index in [-0.39, 0.29) is 19.4 Å². The molecular formula is C13H27N5O9. The largest absolute Gasteiger partial charge is 0.481 e. The quantitative estimate of drug-likeness (QED) is 0.168. The first-order valence-corrected chi connectivity index (χ1v) is 7.48. The van der Waals surface area contributed by atoms with E-state index in [1.165, 1.54) is 0 Å². The van der Waals surface area contributed by atoms with Crippen molar-refractivity contribution in [2.45, 2.75) is 37.8 Å². The van der Waals surface area contributed by atoms with Gasteiger partial charge in [0.25, 0.3) is 0 Å². The molecule has 2 unspecified atom stereocenters. The number of carboxylic acid groups (broad SMARTS) is 4. The SMILES string of the molecule is NC(=O)NCCCC(N)C(=O)O.NC(CCC(=O)O)C(=O)O.NCC(=O)O. The third kappa shape index (κ3) is 28.1. The average Bonchev–Trinajstić information content (AvgIpc) is 2.56. The van der Waals surface area contributed by atoms with Gasteiger partial charge in [-0.25, -0.2) is 4.79 Å². The normalized spacial score (nSPS) is 11.4. The first-order valence-electron chi connectivity index (χ1n) is 7.48. The highest BCUT2D eigenvalue weighted by Crippen LogP contribution is 1.93. The smallest absolute Gasteiger partial charge is 0.320 e. The molecule has 2 atom stereocenters. The number of carbonyl (C=O) groups is 5. The van der Waals surface area contributed by atoms with E-state index in [1.807, 2.05) is 0 Å². The molecule has 0 saturated carbocycles. The molecule has 0 aliphatic heterocycles. The van der Waals surface area contributed by atoms with Crippen molar-refractivity contribution < 1.29 is 44.4 Å². The van der Waals surface area contributed by atoms with Gasteiger partial charge in [0, 0.05) is 13.0 Å². The zero-order valence-electron chi connectivity index (χ0n) is 14.5. The Balaban J connectivity index is -0.000000347. The summed E-state index contributed by atoms with van der Waals surface area (Å²) in [5, 5.41) is 34.6. The lowest BCUT2D eigenvalue weighted by Gasteiger charge is -2.05. The number of hydrogen-bond acceptors (Lipinski definition) is 8. The van der Waals surface area contributed by atoms with E-state index in [0.29, 0.717) is 19.4 Å². The van der Waals surface area contributed by atoms with E-state index in [0.717, 1.165) is 0 Å². The van der Waals surface area contributed by atoms with Gasteiger partial charge in [0.05, 0.1) is 6.54 Å². The maximum atomic E-state index is 10.2. The van der Waals surface area contributed by atoms with Gasteiger partial charge in [0.1, 0.15) is 12.1 Å². The fourth-order valence-corrected chi connectivity index (χ4v) is 1.06. The second kappa shape index (κ2) is 17.8. The summed E-state index contributed by atoms with van der Waals surface area (Å²) in [5.74, 6) is -4.20. The number of amides is 2. The number of nitrogens with two attached hydrogens (primary N) is 4. The van der Waals surface area contributed by atoms with Crippen molar-refractivity contribution in [3.05, 3.63) is 0 Å². The molecule has 0 aromatic heterocycles. The number of aliphatic carboxylic acids is 4. The number of primary amides is 1. The minimum absolute atomic E-state index is 0.0231. The summed E-state index contributed by atoms with van der Waals surface area (Å²) in [6, 6.07) is -2.53. The molecule has 0 spiro atoms. The van der Waals surface area contributed by atoms with Gasteiger partial charge in [0.2, 0.25) is 0 Å². The average molecular weight is 397 g/mol. The third-order valence-electron chi connectivity index (χ3n) is 2.47. The Kier molecular flexibility index (Phi) is 19.0. The monoisotopic (exact) mass is 397 g/mol. The fourth-order valence-electron chi connectivity index (χ4n) is 1.06. The number of urea groups is 1. The molecule has 0 radical (unpaired) electrons. The summed E-state index contributed by atoms with van der Waals surface area (Å²) in [6.45, 7) is 0.0797. The van der Waals surface area contributed by atoms with Crippen molar-refractivity contribution >= 4 is 29.9 Å². The summed E-state index contributed by atoms with van der Waals surface area (Å²) in [5.41, 5.74) is 19.5. The molecule has 14 nitrogen and oxygen atoms in total. The maximum Gasteiger partial charge on any atom is 0.320 e. The van der Waals surface area contributed by atoms with Crippen LogP contribution in [-0.4, -0.2) is 75.5 Å². The fraction of sp³-hybridized carbons (Fsp3) is 0.615. The molecule has 0 saturated heterocycles. The van der Waals surface area contributed by atoms with E-state index in [4.69, 9.17) is 37.6 Å². The molecule has 2 amide bonds. The molecule has 0 aromatic rings. The van der Waals surface area contributed by atoms with Gasteiger partial charge < -0.3 is 48.7 Å². The highest BCUT2D eigenvalue weighted by Gasteiger charge is 2.12. The van der Waals surface area contributed by atoms with E-state index < -0.39 is 42.0 Å². The third-order valence-corrected chi connectivity index (χ3v) is 2.47. The summed E-state index contributed by atoms with van der Waals surface area (Å²) >= 11 is 0. The molecule has 13 N–H and O–H groups in total. The Labute approximate surface area is 154 Å². The standard InChI is InChI=1S/C6H13N3O3.C5H9NO4.C2H5NO2/c7-4(5(10)11)2-1-3-9-6(8)12;6-3(5(9)10)1-2-4(7)8;3-1-2(4)5/h4H,1-3,7H2,(H,10,11)(H3,8,9,12);3H,1-2,6H2,(H,7,8)(H,9,10);1,3H2,(H,4,5). The van der Waals surface area contributed by atoms with Crippen LogP contribution in [0.2, 0.25) is 0 Å². The molecule has 0 aliphatic rings. The van der Waals surface area contributed by atoms with Gasteiger partial charge in [-0.3, -0.25) is 19.2 Å². The Hall–Kier alpha value is -2.97. The predicted octanol–water partition coefficient (Wildman–Crippen LogP) is -2.86. The van der Waals surface area contributed by atoms with Gasteiger partial charge in [-0.2, -0.15) is 0 Å². The van der Waals surface area contributed by atoms with Crippen LogP contribution in [0, 0.1) is 0 Å². The first kappa shape index (κ1) is 28.8. The molecule has 0 aliphatic carbocycles. The summed E-state index contributed by atoms with van der Waals surface area (Å²) in [6.07, 6.45) is 0.615. The van der Waals surface area contributed by atoms with Gasteiger partial charge in [-0.15, -0.1) is 0 Å². The van der Waals surface area contributed by atoms with Crippen LogP contribution < -0.4 is 28.3 Å². The van der Waals surface area contributed by atoms with Crippen LogP contribution in [-0.2, 0) is 19.2 Å². The van der Waals surface area contributed by atoms with Crippen molar-refractivity contribution in [2.24, 2.45) is 22.9 Å². The van der Waals surface area contributed by atoms with E-state index in [1.54, 1.807) is 0 Å². The second-order valence-corrected chi connectivity index (χ2v) is 4.85. The number of carboxylic acids is 4. The van der Waals surface area contributed by atoms with E-state index >= 15 is 0 Å². The number of nitrogens with one attached hydrogen (secondary N) is 1. The number of rotatable bonds is 10. The van der Waals surface area contributed by atoms with Crippen LogP contribution in [0.25, 0.3) is 0 Å². The second-order valence-electron chi connectivity index (χ2n) is 4.85. The minimum Gasteiger partial charge on any atom is -0.481 e. The van der Waals surface area contributed by atoms with Crippen LogP contribution in [0.4, 0.5) is 4.79 Å². The van der Waals surface area contributed by atoms with Crippen molar-refractivity contribution in [3.63, 3.8) is 0 Å². The predicted molar refractivity (Wildman–Crippen MR) is 91.6 cm³/mol. The van der Waals surface area contributed by atoms with E-state index in [9.17, 15) is 24.0 Å². The molecule has 158 valence electrons. The molecule has 0 aromatic carbocycles. The molecule has 0 rings (SSSR count). The Morgan fingerprint density at radius 1 is 0.815 bits per heavy atom. The maximum absolute atomic E-state index is 10.2. The lowest BCUT2D eigenvalue weighted by molar-refractivity contribution is -0.140. The van der Waals surface area contributed by atoms with Crippen LogP contribution in [0.1, 0.15) is 25.7 Å². The van der Waals surface area contributed by atoms with Gasteiger partial charge in [0.15, 0.2) is 0 Å². The molecule has 27 heavy (non-hydrogen) atoms. The molecule has 0 bridgehead atoms. The molecule has 0 fully saturated rings. The van der Waals surface area contributed by atoms with Gasteiger partial charge in [-0.1, -0.05) is 0 Å². The minimum atomic E-state index is -1.17. The van der Waals surface area contributed by atoms with Crippen molar-refractivity contribution in [1.29, 1.82) is 0 Å². The highest BCUT2D eigenvalue weighted by molar-refractivity contribution is 5.74. The van der Waals surface area contributed by atoms with Gasteiger partial charge >= 0.3 is 29.9 Å². The van der Waals surface area contributed by atoms with Crippen LogP contribution in [0.3, 0.4) is 0 Å². The van der Waals surface area contributed by atoms with Crippen molar-refractivity contribution in [3.8, 4) is 0 Å². The summed E-state index contributed by atoms with van der Waals surface area (Å²) in [4.78, 5) is 49.4. The van der Waals surface area contributed by atoms with Crippen molar-refractivity contribution in [2.75, 3.05) is 13.1 Å². The van der Waals surface area contributed by atoms with Crippen LogP contribution in [0.15, 0.2) is 0 Å².